The molecule has 0 aliphatic rings. The number of hydrogen-bond donors (Lipinski definition) is 1. The van der Waals surface area contributed by atoms with Gasteiger partial charge in [0.25, 0.3) is 5.91 Å². The summed E-state index contributed by atoms with van der Waals surface area (Å²) in [6.07, 6.45) is 2.13. The number of amides is 1. The highest BCUT2D eigenvalue weighted by Gasteiger charge is 2.20. The average molecular weight is 336 g/mol. The Bertz CT molecular complexity index is 896. The van der Waals surface area contributed by atoms with Crippen LogP contribution in [0.4, 0.5) is 5.69 Å². The Morgan fingerprint density at radius 2 is 1.96 bits per heavy atom. The van der Waals surface area contributed by atoms with E-state index in [-0.39, 0.29) is 5.91 Å². The van der Waals surface area contributed by atoms with Crippen LogP contribution in [0.5, 0.6) is 5.75 Å². The monoisotopic (exact) mass is 336 g/mol. The van der Waals surface area contributed by atoms with Gasteiger partial charge in [0.05, 0.1) is 7.11 Å². The Hall–Kier alpha value is -2.75. The van der Waals surface area contributed by atoms with Gasteiger partial charge in [-0.15, -0.1) is 0 Å². The van der Waals surface area contributed by atoms with Crippen molar-refractivity contribution in [3.05, 3.63) is 59.8 Å². The fraction of sp³-hybridized carbons (Fsp3) is 0.286. The third kappa shape index (κ3) is 3.38. The molecule has 0 unspecified atom stereocenters. The fourth-order valence-corrected chi connectivity index (χ4v) is 3.21. The molecule has 0 atom stereocenters. The van der Waals surface area contributed by atoms with E-state index in [1.54, 1.807) is 7.11 Å². The van der Waals surface area contributed by atoms with E-state index in [4.69, 9.17) is 4.74 Å². The molecule has 3 rings (SSSR count). The second-order valence-electron chi connectivity index (χ2n) is 6.18. The summed E-state index contributed by atoms with van der Waals surface area (Å²) in [5.74, 6) is 0.638. The maximum Gasteiger partial charge on any atom is 0.272 e. The number of carbonyl (C=O) groups excluding carboxylic acids is 1. The summed E-state index contributed by atoms with van der Waals surface area (Å²) in [7, 11) is 1.62. The Labute approximate surface area is 148 Å². The zero-order valence-corrected chi connectivity index (χ0v) is 15.0. The first kappa shape index (κ1) is 17.1. The Morgan fingerprint density at radius 1 is 1.16 bits per heavy atom. The van der Waals surface area contributed by atoms with Crippen LogP contribution < -0.4 is 10.1 Å². The van der Waals surface area contributed by atoms with Crippen molar-refractivity contribution in [2.24, 2.45) is 0 Å². The number of nitrogens with zero attached hydrogens (tertiary/aromatic N) is 1. The normalized spacial score (nSPS) is 10.8. The van der Waals surface area contributed by atoms with Gasteiger partial charge >= 0.3 is 0 Å². The Balaban J connectivity index is 2.01. The summed E-state index contributed by atoms with van der Waals surface area (Å²) in [6.45, 7) is 5.02. The standard InChI is InChI=1S/C21H24N2O2/c1-4-5-13-23-19-12-7-6-11-18(19)15(2)20(23)21(24)22-16-9-8-10-17(14-16)25-3/h6-12,14H,4-5,13H2,1-3H3,(H,22,24). The quantitative estimate of drug-likeness (QED) is 0.687. The summed E-state index contributed by atoms with van der Waals surface area (Å²) in [6, 6.07) is 15.6. The van der Waals surface area contributed by atoms with Gasteiger partial charge in [-0.05, 0) is 37.1 Å². The molecule has 1 aromatic heterocycles. The molecule has 0 saturated carbocycles. The number of carbonyl (C=O) groups is 1. The molecule has 1 N–H and O–H groups in total. The van der Waals surface area contributed by atoms with Crippen molar-refractivity contribution in [1.82, 2.24) is 4.57 Å². The van der Waals surface area contributed by atoms with E-state index in [9.17, 15) is 4.79 Å². The molecule has 0 saturated heterocycles. The van der Waals surface area contributed by atoms with Gasteiger partial charge < -0.3 is 14.6 Å². The lowest BCUT2D eigenvalue weighted by atomic mass is 10.1. The number of para-hydroxylation sites is 1. The van der Waals surface area contributed by atoms with Gasteiger partial charge in [-0.2, -0.15) is 0 Å². The van der Waals surface area contributed by atoms with Crippen LogP contribution >= 0.6 is 0 Å². The number of anilines is 1. The van der Waals surface area contributed by atoms with Crippen molar-refractivity contribution >= 4 is 22.5 Å². The predicted octanol–water partition coefficient (Wildman–Crippen LogP) is 5.01. The molecule has 0 fully saturated rings. The maximum absolute atomic E-state index is 13.0. The molecule has 1 heterocycles. The third-order valence-electron chi connectivity index (χ3n) is 4.50. The first-order chi connectivity index (χ1) is 12.2. The molecule has 0 bridgehead atoms. The minimum absolute atomic E-state index is 0.0851. The van der Waals surface area contributed by atoms with E-state index in [2.05, 4.69) is 28.9 Å². The van der Waals surface area contributed by atoms with Crippen molar-refractivity contribution in [2.45, 2.75) is 33.2 Å². The van der Waals surface area contributed by atoms with Crippen molar-refractivity contribution < 1.29 is 9.53 Å². The minimum atomic E-state index is -0.0851. The van der Waals surface area contributed by atoms with E-state index in [1.165, 1.54) is 0 Å². The second kappa shape index (κ2) is 7.43. The second-order valence-corrected chi connectivity index (χ2v) is 6.18. The number of unbranched alkanes of at least 4 members (excludes halogenated alkanes) is 1. The molecule has 0 aliphatic heterocycles. The molecule has 0 radical (unpaired) electrons. The summed E-state index contributed by atoms with van der Waals surface area (Å²) in [5.41, 5.74) is 3.60. The van der Waals surface area contributed by atoms with Crippen LogP contribution in [0.15, 0.2) is 48.5 Å². The van der Waals surface area contributed by atoms with E-state index in [0.29, 0.717) is 0 Å². The zero-order chi connectivity index (χ0) is 17.8. The third-order valence-corrected chi connectivity index (χ3v) is 4.50. The number of aromatic nitrogens is 1. The minimum Gasteiger partial charge on any atom is -0.497 e. The number of methoxy groups -OCH3 is 1. The van der Waals surface area contributed by atoms with Crippen LogP contribution in [0.3, 0.4) is 0 Å². The molecule has 2 aromatic carbocycles. The number of aryl methyl sites for hydroxylation is 2. The first-order valence-corrected chi connectivity index (χ1v) is 8.69. The fourth-order valence-electron chi connectivity index (χ4n) is 3.21. The van der Waals surface area contributed by atoms with Gasteiger partial charge in [-0.25, -0.2) is 0 Å². The highest BCUT2D eigenvalue weighted by molar-refractivity contribution is 6.08. The summed E-state index contributed by atoms with van der Waals surface area (Å²) in [4.78, 5) is 13.0. The Morgan fingerprint density at radius 3 is 2.72 bits per heavy atom. The molecule has 3 aromatic rings. The van der Waals surface area contributed by atoms with Crippen LogP contribution in [-0.4, -0.2) is 17.6 Å². The van der Waals surface area contributed by atoms with Crippen LogP contribution in [0.1, 0.15) is 35.8 Å². The average Bonchev–Trinajstić information content (AvgIpc) is 2.92. The van der Waals surface area contributed by atoms with Crippen molar-refractivity contribution in [1.29, 1.82) is 0 Å². The van der Waals surface area contributed by atoms with Crippen molar-refractivity contribution in [3.63, 3.8) is 0 Å². The maximum atomic E-state index is 13.0. The summed E-state index contributed by atoms with van der Waals surface area (Å²) in [5, 5.41) is 4.15. The van der Waals surface area contributed by atoms with Gasteiger partial charge in [0.2, 0.25) is 0 Å². The lowest BCUT2D eigenvalue weighted by Gasteiger charge is -2.12. The Kier molecular flexibility index (Phi) is 5.08. The molecule has 130 valence electrons. The number of rotatable bonds is 6. The number of nitrogens with one attached hydrogen (secondary N) is 1. The summed E-state index contributed by atoms with van der Waals surface area (Å²) >= 11 is 0. The lowest BCUT2D eigenvalue weighted by molar-refractivity contribution is 0.101. The van der Waals surface area contributed by atoms with Gasteiger partial charge in [-0.3, -0.25) is 4.79 Å². The number of fused-ring (bicyclic) bond motifs is 1. The first-order valence-electron chi connectivity index (χ1n) is 8.69. The molecule has 4 heteroatoms. The number of ether oxygens (including phenoxy) is 1. The molecule has 4 nitrogen and oxygen atoms in total. The number of benzene rings is 2. The smallest absolute Gasteiger partial charge is 0.272 e. The van der Waals surface area contributed by atoms with Crippen LogP contribution in [0.2, 0.25) is 0 Å². The summed E-state index contributed by atoms with van der Waals surface area (Å²) < 4.78 is 7.38. The van der Waals surface area contributed by atoms with Gasteiger partial charge in [0.15, 0.2) is 0 Å². The van der Waals surface area contributed by atoms with Crippen LogP contribution in [0.25, 0.3) is 10.9 Å². The molecule has 0 aliphatic carbocycles. The van der Waals surface area contributed by atoms with Crippen molar-refractivity contribution in [3.8, 4) is 5.75 Å². The van der Waals surface area contributed by atoms with Gasteiger partial charge in [0, 0.05) is 29.2 Å². The van der Waals surface area contributed by atoms with E-state index >= 15 is 0 Å². The highest BCUT2D eigenvalue weighted by atomic mass is 16.5. The van der Waals surface area contributed by atoms with Gasteiger partial charge in [-0.1, -0.05) is 37.6 Å². The van der Waals surface area contributed by atoms with E-state index in [0.717, 1.165) is 53.0 Å². The lowest BCUT2D eigenvalue weighted by Crippen LogP contribution is -2.18. The predicted molar refractivity (Wildman–Crippen MR) is 103 cm³/mol. The molecule has 0 spiro atoms. The zero-order valence-electron chi connectivity index (χ0n) is 15.0. The van der Waals surface area contributed by atoms with Crippen LogP contribution in [0, 0.1) is 6.92 Å². The highest BCUT2D eigenvalue weighted by Crippen LogP contribution is 2.27. The SMILES string of the molecule is CCCCn1c(C(=O)Nc2cccc(OC)c2)c(C)c2ccccc21. The van der Waals surface area contributed by atoms with Crippen LogP contribution in [-0.2, 0) is 6.54 Å². The number of hydrogen-bond acceptors (Lipinski definition) is 2. The molecule has 1 amide bonds. The van der Waals surface area contributed by atoms with Crippen molar-refractivity contribution in [2.75, 3.05) is 12.4 Å². The molecular weight excluding hydrogens is 312 g/mol. The topological polar surface area (TPSA) is 43.3 Å². The van der Waals surface area contributed by atoms with E-state index in [1.807, 2.05) is 43.3 Å². The van der Waals surface area contributed by atoms with E-state index < -0.39 is 0 Å². The largest absolute Gasteiger partial charge is 0.497 e. The molecule has 25 heavy (non-hydrogen) atoms. The van der Waals surface area contributed by atoms with Gasteiger partial charge in [0.1, 0.15) is 11.4 Å². The molecular formula is C21H24N2O2.